The topological polar surface area (TPSA) is 9.23 Å². The number of hydrogen-bond donors (Lipinski definition) is 0. The molecule has 0 aromatic heterocycles. The molecule has 0 saturated heterocycles. The van der Waals surface area contributed by atoms with Gasteiger partial charge in [0.25, 0.3) is 0 Å². The molecule has 0 spiro atoms. The SMILES string of the molecule is C=C(C)CCCCC(=C)c1ccc(OCC)cc1. The molecule has 1 heteroatoms. The van der Waals surface area contributed by atoms with Gasteiger partial charge in [0.2, 0.25) is 0 Å². The third-order valence-corrected chi connectivity index (χ3v) is 2.91. The van der Waals surface area contributed by atoms with E-state index in [1.54, 1.807) is 0 Å². The van der Waals surface area contributed by atoms with Gasteiger partial charge in [0.15, 0.2) is 0 Å². The minimum atomic E-state index is 0.710. The Hall–Kier alpha value is -1.50. The van der Waals surface area contributed by atoms with Gasteiger partial charge in [-0.1, -0.05) is 24.3 Å². The molecule has 0 N–H and O–H groups in total. The molecule has 0 fully saturated rings. The Morgan fingerprint density at radius 2 is 1.67 bits per heavy atom. The van der Waals surface area contributed by atoms with Gasteiger partial charge >= 0.3 is 0 Å². The van der Waals surface area contributed by atoms with Crippen molar-refractivity contribution in [2.75, 3.05) is 6.61 Å². The number of unbranched alkanes of at least 4 members (excludes halogenated alkanes) is 1. The van der Waals surface area contributed by atoms with E-state index in [-0.39, 0.29) is 0 Å². The van der Waals surface area contributed by atoms with Crippen LogP contribution in [0, 0.1) is 0 Å². The molecule has 0 unspecified atom stereocenters. The fourth-order valence-electron chi connectivity index (χ4n) is 1.86. The van der Waals surface area contributed by atoms with Crippen molar-refractivity contribution in [1.82, 2.24) is 0 Å². The lowest BCUT2D eigenvalue weighted by molar-refractivity contribution is 0.340. The van der Waals surface area contributed by atoms with Gasteiger partial charge in [-0.2, -0.15) is 0 Å². The molecule has 18 heavy (non-hydrogen) atoms. The van der Waals surface area contributed by atoms with E-state index in [4.69, 9.17) is 4.74 Å². The van der Waals surface area contributed by atoms with Crippen molar-refractivity contribution in [3.63, 3.8) is 0 Å². The molecule has 98 valence electrons. The highest BCUT2D eigenvalue weighted by Crippen LogP contribution is 2.22. The molecular weight excluding hydrogens is 220 g/mol. The second kappa shape index (κ2) is 7.75. The zero-order valence-corrected chi connectivity index (χ0v) is 11.7. The minimum Gasteiger partial charge on any atom is -0.494 e. The predicted octanol–water partition coefficient (Wildman–Crippen LogP) is 5.24. The van der Waals surface area contributed by atoms with E-state index < -0.39 is 0 Å². The van der Waals surface area contributed by atoms with Gasteiger partial charge in [-0.25, -0.2) is 0 Å². The Bertz CT molecular complexity index is 387. The van der Waals surface area contributed by atoms with E-state index in [0.717, 1.165) is 18.6 Å². The first-order chi connectivity index (χ1) is 8.63. The maximum absolute atomic E-state index is 5.43. The van der Waals surface area contributed by atoms with Crippen LogP contribution in [0.5, 0.6) is 5.75 Å². The molecule has 0 heterocycles. The monoisotopic (exact) mass is 244 g/mol. The Morgan fingerprint density at radius 3 is 2.22 bits per heavy atom. The molecule has 0 aliphatic heterocycles. The summed E-state index contributed by atoms with van der Waals surface area (Å²) in [4.78, 5) is 0. The summed E-state index contributed by atoms with van der Waals surface area (Å²) >= 11 is 0. The Kier molecular flexibility index (Phi) is 6.27. The van der Waals surface area contributed by atoms with E-state index in [1.165, 1.54) is 29.6 Å². The summed E-state index contributed by atoms with van der Waals surface area (Å²) in [6.45, 7) is 12.9. The molecule has 1 aromatic rings. The molecule has 0 aliphatic rings. The van der Waals surface area contributed by atoms with Crippen molar-refractivity contribution in [2.45, 2.75) is 39.5 Å². The third-order valence-electron chi connectivity index (χ3n) is 2.91. The summed E-state index contributed by atoms with van der Waals surface area (Å²) in [6, 6.07) is 8.20. The first-order valence-corrected chi connectivity index (χ1v) is 6.69. The molecule has 0 bridgehead atoms. The molecule has 0 radical (unpaired) electrons. The minimum absolute atomic E-state index is 0.710. The van der Waals surface area contributed by atoms with E-state index in [2.05, 4.69) is 32.2 Å². The van der Waals surface area contributed by atoms with Crippen LogP contribution in [0.25, 0.3) is 5.57 Å². The fourth-order valence-corrected chi connectivity index (χ4v) is 1.86. The Morgan fingerprint density at radius 1 is 1.06 bits per heavy atom. The first-order valence-electron chi connectivity index (χ1n) is 6.69. The fraction of sp³-hybridized carbons (Fsp3) is 0.412. The molecule has 1 nitrogen and oxygen atoms in total. The van der Waals surface area contributed by atoms with Crippen molar-refractivity contribution >= 4 is 5.57 Å². The van der Waals surface area contributed by atoms with Crippen molar-refractivity contribution in [3.05, 3.63) is 48.6 Å². The van der Waals surface area contributed by atoms with Crippen LogP contribution in [-0.4, -0.2) is 6.61 Å². The largest absolute Gasteiger partial charge is 0.494 e. The number of ether oxygens (including phenoxy) is 1. The quantitative estimate of drug-likeness (QED) is 0.449. The van der Waals surface area contributed by atoms with Gasteiger partial charge in [-0.05, 0) is 62.8 Å². The number of hydrogen-bond acceptors (Lipinski definition) is 1. The van der Waals surface area contributed by atoms with Crippen LogP contribution in [0.2, 0.25) is 0 Å². The lowest BCUT2D eigenvalue weighted by atomic mass is 10.0. The molecule has 0 aliphatic carbocycles. The van der Waals surface area contributed by atoms with Crippen LogP contribution in [0.15, 0.2) is 43.0 Å². The average Bonchev–Trinajstić information content (AvgIpc) is 2.35. The first kappa shape index (κ1) is 14.6. The van der Waals surface area contributed by atoms with Crippen LogP contribution in [-0.2, 0) is 0 Å². The summed E-state index contributed by atoms with van der Waals surface area (Å²) in [6.07, 6.45) is 4.56. The molecule has 1 aromatic carbocycles. The summed E-state index contributed by atoms with van der Waals surface area (Å²) < 4.78 is 5.43. The summed E-state index contributed by atoms with van der Waals surface area (Å²) in [7, 11) is 0. The molecule has 0 saturated carbocycles. The third kappa shape index (κ3) is 5.22. The van der Waals surface area contributed by atoms with Crippen molar-refractivity contribution < 1.29 is 4.74 Å². The second-order valence-corrected chi connectivity index (χ2v) is 4.73. The van der Waals surface area contributed by atoms with E-state index in [1.807, 2.05) is 19.1 Å². The maximum atomic E-state index is 5.43. The zero-order chi connectivity index (χ0) is 13.4. The molecule has 0 atom stereocenters. The summed E-state index contributed by atoms with van der Waals surface area (Å²) in [5, 5.41) is 0. The molecular formula is C17H24O. The summed E-state index contributed by atoms with van der Waals surface area (Å²) in [5.41, 5.74) is 3.69. The van der Waals surface area contributed by atoms with Crippen LogP contribution < -0.4 is 4.74 Å². The standard InChI is InChI=1S/C17H24O/c1-5-18-17-12-10-16(11-13-17)15(4)9-7-6-8-14(2)3/h10-13H,2,4-9H2,1,3H3. The highest BCUT2D eigenvalue weighted by atomic mass is 16.5. The van der Waals surface area contributed by atoms with Gasteiger partial charge in [0.1, 0.15) is 5.75 Å². The van der Waals surface area contributed by atoms with Gasteiger partial charge in [-0.3, -0.25) is 0 Å². The lowest BCUT2D eigenvalue weighted by Gasteiger charge is -2.08. The molecule has 0 amide bonds. The smallest absolute Gasteiger partial charge is 0.119 e. The van der Waals surface area contributed by atoms with Gasteiger partial charge < -0.3 is 4.74 Å². The van der Waals surface area contributed by atoms with Gasteiger partial charge in [0, 0.05) is 0 Å². The van der Waals surface area contributed by atoms with E-state index in [9.17, 15) is 0 Å². The highest BCUT2D eigenvalue weighted by molar-refractivity contribution is 5.63. The zero-order valence-electron chi connectivity index (χ0n) is 11.7. The van der Waals surface area contributed by atoms with Crippen molar-refractivity contribution in [2.24, 2.45) is 0 Å². The van der Waals surface area contributed by atoms with Crippen LogP contribution in [0.4, 0.5) is 0 Å². The number of rotatable bonds is 8. The van der Waals surface area contributed by atoms with Gasteiger partial charge in [0.05, 0.1) is 6.61 Å². The average molecular weight is 244 g/mol. The Labute approximate surface area is 111 Å². The highest BCUT2D eigenvalue weighted by Gasteiger charge is 2.00. The van der Waals surface area contributed by atoms with E-state index in [0.29, 0.717) is 6.61 Å². The Balaban J connectivity index is 2.39. The van der Waals surface area contributed by atoms with Crippen molar-refractivity contribution in [3.8, 4) is 5.75 Å². The van der Waals surface area contributed by atoms with Crippen LogP contribution in [0.3, 0.4) is 0 Å². The molecule has 1 rings (SSSR count). The number of allylic oxidation sites excluding steroid dienone is 2. The summed E-state index contributed by atoms with van der Waals surface area (Å²) in [5.74, 6) is 0.927. The normalized spacial score (nSPS) is 10.1. The lowest BCUT2D eigenvalue weighted by Crippen LogP contribution is -1.91. The maximum Gasteiger partial charge on any atom is 0.119 e. The van der Waals surface area contributed by atoms with E-state index >= 15 is 0 Å². The van der Waals surface area contributed by atoms with Crippen LogP contribution >= 0.6 is 0 Å². The number of benzene rings is 1. The second-order valence-electron chi connectivity index (χ2n) is 4.73. The predicted molar refractivity (Wildman–Crippen MR) is 79.9 cm³/mol. The van der Waals surface area contributed by atoms with Gasteiger partial charge in [-0.15, -0.1) is 6.58 Å². The van der Waals surface area contributed by atoms with Crippen molar-refractivity contribution in [1.29, 1.82) is 0 Å². The van der Waals surface area contributed by atoms with Crippen LogP contribution in [0.1, 0.15) is 45.1 Å².